The fourth-order valence-corrected chi connectivity index (χ4v) is 1.53. The largest absolute Gasteiger partial charge is 0.355 e. The Hall–Kier alpha value is -0.860. The molecule has 1 fully saturated rings. The van der Waals surface area contributed by atoms with E-state index in [1.54, 1.807) is 24.4 Å². The first-order valence-electron chi connectivity index (χ1n) is 5.59. The molecule has 0 amide bonds. The maximum Gasteiger partial charge on any atom is 0.191 e. The fourth-order valence-electron chi connectivity index (χ4n) is 1.53. The van der Waals surface area contributed by atoms with Crippen molar-refractivity contribution in [1.29, 1.82) is 0 Å². The van der Waals surface area contributed by atoms with E-state index in [1.807, 2.05) is 0 Å². The minimum atomic E-state index is 0. The van der Waals surface area contributed by atoms with Gasteiger partial charge in [0.15, 0.2) is 5.96 Å². The minimum absolute atomic E-state index is 0. The molecule has 0 aliphatic heterocycles. The molecule has 1 aliphatic rings. The van der Waals surface area contributed by atoms with Crippen molar-refractivity contribution >= 4 is 29.9 Å². The molecule has 0 radical (unpaired) electrons. The van der Waals surface area contributed by atoms with Crippen LogP contribution in [0.15, 0.2) is 17.6 Å². The third-order valence-electron chi connectivity index (χ3n) is 2.76. The van der Waals surface area contributed by atoms with E-state index in [-0.39, 0.29) is 24.0 Å². The molecule has 1 aromatic rings. The van der Waals surface area contributed by atoms with Crippen LogP contribution in [0.3, 0.4) is 0 Å². The van der Waals surface area contributed by atoms with Gasteiger partial charge in [0.2, 0.25) is 0 Å². The van der Waals surface area contributed by atoms with E-state index in [4.69, 9.17) is 0 Å². The van der Waals surface area contributed by atoms with Gasteiger partial charge >= 0.3 is 0 Å². The van der Waals surface area contributed by atoms with Gasteiger partial charge in [0.1, 0.15) is 12.7 Å². The molecule has 1 heterocycles. The zero-order valence-electron chi connectivity index (χ0n) is 10.1. The molecular formula is C10H19IN6. The Bertz CT molecular complexity index is 350. The van der Waals surface area contributed by atoms with Crippen LogP contribution >= 0.6 is 24.0 Å². The summed E-state index contributed by atoms with van der Waals surface area (Å²) in [5, 5.41) is 10.6. The maximum atomic E-state index is 4.17. The summed E-state index contributed by atoms with van der Waals surface area (Å²) in [4.78, 5) is 8.06. The Morgan fingerprint density at radius 2 is 2.35 bits per heavy atom. The third-order valence-corrected chi connectivity index (χ3v) is 2.76. The van der Waals surface area contributed by atoms with Crippen LogP contribution in [-0.2, 0) is 6.54 Å². The predicted octanol–water partition coefficient (Wildman–Crippen LogP) is 0.469. The molecule has 2 atom stereocenters. The highest BCUT2D eigenvalue weighted by Gasteiger charge is 2.33. The third kappa shape index (κ3) is 4.49. The van der Waals surface area contributed by atoms with Crippen molar-refractivity contribution in [3.8, 4) is 0 Å². The zero-order valence-corrected chi connectivity index (χ0v) is 12.5. The zero-order chi connectivity index (χ0) is 11.4. The normalized spacial score (nSPS) is 22.8. The van der Waals surface area contributed by atoms with Gasteiger partial charge in [0.25, 0.3) is 0 Å². The molecule has 1 saturated carbocycles. The second-order valence-electron chi connectivity index (χ2n) is 4.12. The van der Waals surface area contributed by atoms with E-state index in [1.165, 1.54) is 6.42 Å². The average molecular weight is 350 g/mol. The summed E-state index contributed by atoms with van der Waals surface area (Å²) >= 11 is 0. The van der Waals surface area contributed by atoms with Crippen LogP contribution in [-0.4, -0.2) is 40.4 Å². The molecule has 2 rings (SSSR count). The van der Waals surface area contributed by atoms with Gasteiger partial charge < -0.3 is 10.6 Å². The number of nitrogens with zero attached hydrogens (tertiary/aromatic N) is 4. The number of aliphatic imine (C=N–C) groups is 1. The summed E-state index contributed by atoms with van der Waals surface area (Å²) in [6.45, 7) is 3.82. The first-order valence-corrected chi connectivity index (χ1v) is 5.59. The van der Waals surface area contributed by atoms with Gasteiger partial charge in [0.05, 0.1) is 6.54 Å². The summed E-state index contributed by atoms with van der Waals surface area (Å²) < 4.78 is 1.79. The Morgan fingerprint density at radius 1 is 1.59 bits per heavy atom. The second-order valence-corrected chi connectivity index (χ2v) is 4.12. The molecule has 7 heteroatoms. The summed E-state index contributed by atoms with van der Waals surface area (Å²) in [5.41, 5.74) is 0. The topological polar surface area (TPSA) is 67.1 Å². The Labute approximate surface area is 118 Å². The van der Waals surface area contributed by atoms with E-state index in [0.29, 0.717) is 6.04 Å². The van der Waals surface area contributed by atoms with Crippen LogP contribution in [0, 0.1) is 5.92 Å². The van der Waals surface area contributed by atoms with E-state index >= 15 is 0 Å². The fraction of sp³-hybridized carbons (Fsp3) is 0.700. The van der Waals surface area contributed by atoms with Gasteiger partial charge in [-0.25, -0.2) is 4.98 Å². The van der Waals surface area contributed by atoms with E-state index in [2.05, 4.69) is 32.6 Å². The highest BCUT2D eigenvalue weighted by atomic mass is 127. The Balaban J connectivity index is 0.00000144. The predicted molar refractivity (Wildman–Crippen MR) is 77.5 cm³/mol. The Morgan fingerprint density at radius 3 is 2.88 bits per heavy atom. The molecule has 2 N–H and O–H groups in total. The van der Waals surface area contributed by atoms with E-state index in [0.717, 1.165) is 25.0 Å². The van der Waals surface area contributed by atoms with Gasteiger partial charge in [-0.15, -0.1) is 24.0 Å². The van der Waals surface area contributed by atoms with E-state index < -0.39 is 0 Å². The molecule has 0 aromatic carbocycles. The van der Waals surface area contributed by atoms with Crippen LogP contribution < -0.4 is 10.6 Å². The van der Waals surface area contributed by atoms with Crippen molar-refractivity contribution in [2.75, 3.05) is 13.6 Å². The molecule has 17 heavy (non-hydrogen) atoms. The summed E-state index contributed by atoms with van der Waals surface area (Å²) in [6, 6.07) is 0.595. The average Bonchev–Trinajstić information content (AvgIpc) is 2.79. The minimum Gasteiger partial charge on any atom is -0.355 e. The Kier molecular flexibility index (Phi) is 5.66. The van der Waals surface area contributed by atoms with Crippen molar-refractivity contribution < 1.29 is 0 Å². The molecule has 0 bridgehead atoms. The summed E-state index contributed by atoms with van der Waals surface area (Å²) in [5.74, 6) is 1.64. The van der Waals surface area contributed by atoms with Gasteiger partial charge in [0, 0.05) is 19.6 Å². The molecule has 1 aromatic heterocycles. The van der Waals surface area contributed by atoms with Gasteiger partial charge in [-0.2, -0.15) is 5.10 Å². The molecule has 0 spiro atoms. The smallest absolute Gasteiger partial charge is 0.191 e. The molecule has 1 aliphatic carbocycles. The second kappa shape index (κ2) is 6.77. The highest BCUT2D eigenvalue weighted by Crippen LogP contribution is 2.28. The molecule has 0 saturated heterocycles. The standard InChI is InChI=1S/C10H18N6.HI/c1-8-5-9(8)15-10(11-2)13-3-4-16-7-12-6-14-16;/h6-9H,3-5H2,1-2H3,(H2,11,13,15);1H. The van der Waals surface area contributed by atoms with Gasteiger partial charge in [-0.05, 0) is 12.3 Å². The lowest BCUT2D eigenvalue weighted by Gasteiger charge is -2.11. The van der Waals surface area contributed by atoms with E-state index in [9.17, 15) is 0 Å². The number of guanidine groups is 1. The van der Waals surface area contributed by atoms with Crippen molar-refractivity contribution in [2.24, 2.45) is 10.9 Å². The molecule has 6 nitrogen and oxygen atoms in total. The molecular weight excluding hydrogens is 331 g/mol. The van der Waals surface area contributed by atoms with Crippen LogP contribution in [0.4, 0.5) is 0 Å². The lowest BCUT2D eigenvalue weighted by molar-refractivity contribution is 0.595. The van der Waals surface area contributed by atoms with Crippen molar-refractivity contribution in [1.82, 2.24) is 25.4 Å². The first-order chi connectivity index (χ1) is 7.79. The molecule has 96 valence electrons. The maximum absolute atomic E-state index is 4.17. The van der Waals surface area contributed by atoms with Crippen molar-refractivity contribution in [3.05, 3.63) is 12.7 Å². The van der Waals surface area contributed by atoms with Gasteiger partial charge in [-0.1, -0.05) is 6.92 Å². The molecule has 2 unspecified atom stereocenters. The number of nitrogens with one attached hydrogen (secondary N) is 2. The van der Waals surface area contributed by atoms with Crippen LogP contribution in [0.1, 0.15) is 13.3 Å². The van der Waals surface area contributed by atoms with Crippen LogP contribution in [0.2, 0.25) is 0 Å². The number of aromatic nitrogens is 3. The number of hydrogen-bond donors (Lipinski definition) is 2. The quantitative estimate of drug-likeness (QED) is 0.471. The number of rotatable bonds is 4. The summed E-state index contributed by atoms with van der Waals surface area (Å²) in [7, 11) is 1.79. The monoisotopic (exact) mass is 350 g/mol. The van der Waals surface area contributed by atoms with Crippen LogP contribution in [0.25, 0.3) is 0 Å². The lowest BCUT2D eigenvalue weighted by atomic mass is 10.5. The SMILES string of the molecule is CN=C(NCCn1cncn1)NC1CC1C.I. The van der Waals surface area contributed by atoms with Gasteiger partial charge in [-0.3, -0.25) is 9.67 Å². The summed E-state index contributed by atoms with van der Waals surface area (Å²) in [6.07, 6.45) is 4.49. The number of halogens is 1. The lowest BCUT2D eigenvalue weighted by Crippen LogP contribution is -2.40. The highest BCUT2D eigenvalue weighted by molar-refractivity contribution is 14.0. The van der Waals surface area contributed by atoms with Crippen molar-refractivity contribution in [3.63, 3.8) is 0 Å². The number of hydrogen-bond acceptors (Lipinski definition) is 3. The first kappa shape index (κ1) is 14.2. The van der Waals surface area contributed by atoms with Crippen LogP contribution in [0.5, 0.6) is 0 Å². The van der Waals surface area contributed by atoms with Crippen molar-refractivity contribution in [2.45, 2.75) is 25.9 Å².